The zero-order valence-corrected chi connectivity index (χ0v) is 13.1. The van der Waals surface area contributed by atoms with Gasteiger partial charge in [0.1, 0.15) is 10.7 Å². The predicted octanol–water partition coefficient (Wildman–Crippen LogP) is 2.75. The highest BCUT2D eigenvalue weighted by Gasteiger charge is 2.17. The molecule has 2 aromatic heterocycles. The van der Waals surface area contributed by atoms with Crippen LogP contribution in [0.25, 0.3) is 0 Å². The highest BCUT2D eigenvalue weighted by atomic mass is 32.1. The largest absolute Gasteiger partial charge is 0.382 e. The van der Waals surface area contributed by atoms with Gasteiger partial charge in [-0.1, -0.05) is 25.2 Å². The number of amides is 1. The third-order valence-corrected chi connectivity index (χ3v) is 3.84. The Morgan fingerprint density at radius 2 is 2.24 bits per heavy atom. The Morgan fingerprint density at radius 1 is 1.48 bits per heavy atom. The molecule has 0 aliphatic rings. The van der Waals surface area contributed by atoms with Crippen molar-refractivity contribution in [1.82, 2.24) is 9.97 Å². The van der Waals surface area contributed by atoms with Gasteiger partial charge in [-0.05, 0) is 24.5 Å². The molecule has 2 rings (SSSR count). The van der Waals surface area contributed by atoms with Gasteiger partial charge in [0.25, 0.3) is 5.91 Å². The summed E-state index contributed by atoms with van der Waals surface area (Å²) in [6.07, 6.45) is 3.29. The minimum Gasteiger partial charge on any atom is -0.382 e. The summed E-state index contributed by atoms with van der Waals surface area (Å²) in [5.41, 5.74) is 7.44. The van der Waals surface area contributed by atoms with Gasteiger partial charge in [-0.3, -0.25) is 9.78 Å². The lowest BCUT2D eigenvalue weighted by Gasteiger charge is -2.06. The minimum atomic E-state index is -0.265. The van der Waals surface area contributed by atoms with E-state index in [1.54, 1.807) is 12.4 Å². The Morgan fingerprint density at radius 3 is 2.90 bits per heavy atom. The standard InChI is InChI=1S/C14H19N5OS/c1-8(2)6-17-14-19-12(15)11(21-14)13(20)18-10-7-16-5-4-9(10)3/h4-5,7-8H,6,15H2,1-3H3,(H,17,19)(H,18,20). The van der Waals surface area contributed by atoms with Gasteiger partial charge in [0.15, 0.2) is 5.13 Å². The van der Waals surface area contributed by atoms with Crippen molar-refractivity contribution in [2.24, 2.45) is 5.92 Å². The Bertz CT molecular complexity index is 638. The van der Waals surface area contributed by atoms with E-state index in [-0.39, 0.29) is 11.7 Å². The van der Waals surface area contributed by atoms with E-state index in [0.29, 0.717) is 21.6 Å². The highest BCUT2D eigenvalue weighted by molar-refractivity contribution is 7.18. The lowest BCUT2D eigenvalue weighted by Crippen LogP contribution is -2.13. The van der Waals surface area contributed by atoms with Crippen molar-refractivity contribution in [2.75, 3.05) is 22.9 Å². The maximum Gasteiger partial charge on any atom is 0.269 e. The van der Waals surface area contributed by atoms with E-state index in [1.165, 1.54) is 11.3 Å². The Labute approximate surface area is 127 Å². The van der Waals surface area contributed by atoms with Crippen LogP contribution in [-0.2, 0) is 0 Å². The molecule has 1 amide bonds. The fourth-order valence-corrected chi connectivity index (χ4v) is 2.42. The number of carbonyl (C=O) groups is 1. The van der Waals surface area contributed by atoms with Gasteiger partial charge in [0, 0.05) is 12.7 Å². The van der Waals surface area contributed by atoms with Crippen molar-refractivity contribution in [3.05, 3.63) is 28.9 Å². The summed E-state index contributed by atoms with van der Waals surface area (Å²) in [4.78, 5) is 20.8. The lowest BCUT2D eigenvalue weighted by molar-refractivity contribution is 0.103. The molecule has 0 radical (unpaired) electrons. The molecule has 0 aromatic carbocycles. The second-order valence-electron chi connectivity index (χ2n) is 5.15. The molecule has 7 heteroatoms. The molecule has 6 nitrogen and oxygen atoms in total. The molecule has 0 aliphatic heterocycles. The summed E-state index contributed by atoms with van der Waals surface area (Å²) in [5.74, 6) is 0.467. The van der Waals surface area contributed by atoms with Crippen LogP contribution in [0.3, 0.4) is 0 Å². The van der Waals surface area contributed by atoms with Crippen molar-refractivity contribution in [3.63, 3.8) is 0 Å². The summed E-state index contributed by atoms with van der Waals surface area (Å²) in [7, 11) is 0. The average Bonchev–Trinajstić information content (AvgIpc) is 2.80. The van der Waals surface area contributed by atoms with E-state index in [9.17, 15) is 4.79 Å². The maximum absolute atomic E-state index is 12.3. The molecule has 2 aromatic rings. The molecule has 0 atom stereocenters. The normalized spacial score (nSPS) is 10.7. The van der Waals surface area contributed by atoms with Gasteiger partial charge < -0.3 is 16.4 Å². The van der Waals surface area contributed by atoms with Crippen LogP contribution < -0.4 is 16.4 Å². The van der Waals surface area contributed by atoms with E-state index >= 15 is 0 Å². The van der Waals surface area contributed by atoms with Crippen LogP contribution in [0.4, 0.5) is 16.6 Å². The van der Waals surface area contributed by atoms with Crippen molar-refractivity contribution in [2.45, 2.75) is 20.8 Å². The minimum absolute atomic E-state index is 0.241. The first-order valence-electron chi connectivity index (χ1n) is 6.69. The van der Waals surface area contributed by atoms with E-state index < -0.39 is 0 Å². The number of thiazole rings is 1. The number of hydrogen-bond donors (Lipinski definition) is 3. The zero-order chi connectivity index (χ0) is 15.4. The monoisotopic (exact) mass is 305 g/mol. The molecule has 4 N–H and O–H groups in total. The van der Waals surface area contributed by atoms with E-state index in [2.05, 4.69) is 34.4 Å². The summed E-state index contributed by atoms with van der Waals surface area (Å²) in [6.45, 7) is 6.89. The highest BCUT2D eigenvalue weighted by Crippen LogP contribution is 2.26. The van der Waals surface area contributed by atoms with Crippen LogP contribution in [0, 0.1) is 12.8 Å². The molecule has 21 heavy (non-hydrogen) atoms. The fourth-order valence-electron chi connectivity index (χ4n) is 1.64. The molecule has 0 saturated carbocycles. The molecule has 2 heterocycles. The summed E-state index contributed by atoms with van der Waals surface area (Å²) < 4.78 is 0. The molecule has 0 spiro atoms. The van der Waals surface area contributed by atoms with Crippen LogP contribution in [-0.4, -0.2) is 22.4 Å². The first-order valence-corrected chi connectivity index (χ1v) is 7.51. The van der Waals surface area contributed by atoms with Crippen LogP contribution in [0.1, 0.15) is 29.1 Å². The molecule has 0 unspecified atom stereocenters. The SMILES string of the molecule is Cc1ccncc1NC(=O)c1sc(NCC(C)C)nc1N. The Kier molecular flexibility index (Phi) is 4.74. The van der Waals surface area contributed by atoms with E-state index in [1.807, 2.05) is 13.0 Å². The molecule has 0 bridgehead atoms. The summed E-state index contributed by atoms with van der Waals surface area (Å²) >= 11 is 1.26. The number of pyridine rings is 1. The van der Waals surface area contributed by atoms with Gasteiger partial charge >= 0.3 is 0 Å². The summed E-state index contributed by atoms with van der Waals surface area (Å²) in [5, 5.41) is 6.64. The third-order valence-electron chi connectivity index (χ3n) is 2.81. The second kappa shape index (κ2) is 6.53. The van der Waals surface area contributed by atoms with Gasteiger partial charge in [-0.25, -0.2) is 4.98 Å². The van der Waals surface area contributed by atoms with Crippen molar-refractivity contribution in [1.29, 1.82) is 0 Å². The maximum atomic E-state index is 12.3. The number of aromatic nitrogens is 2. The first-order chi connectivity index (χ1) is 9.97. The number of carbonyl (C=O) groups excluding carboxylic acids is 1. The predicted molar refractivity (Wildman–Crippen MR) is 86.8 cm³/mol. The number of nitrogen functional groups attached to an aromatic ring is 1. The van der Waals surface area contributed by atoms with Crippen LogP contribution in [0.5, 0.6) is 0 Å². The van der Waals surface area contributed by atoms with Gasteiger partial charge in [0.2, 0.25) is 0 Å². The van der Waals surface area contributed by atoms with Crippen LogP contribution in [0.2, 0.25) is 0 Å². The average molecular weight is 305 g/mol. The first kappa shape index (κ1) is 15.2. The van der Waals surface area contributed by atoms with Gasteiger partial charge in [-0.2, -0.15) is 0 Å². The van der Waals surface area contributed by atoms with Gasteiger partial charge in [-0.15, -0.1) is 0 Å². The number of nitrogens with two attached hydrogens (primary N) is 1. The fraction of sp³-hybridized carbons (Fsp3) is 0.357. The van der Waals surface area contributed by atoms with Crippen molar-refractivity contribution < 1.29 is 4.79 Å². The zero-order valence-electron chi connectivity index (χ0n) is 12.3. The molecular weight excluding hydrogens is 286 g/mol. The third kappa shape index (κ3) is 3.91. The number of hydrogen-bond acceptors (Lipinski definition) is 6. The number of nitrogens with one attached hydrogen (secondary N) is 2. The number of rotatable bonds is 5. The van der Waals surface area contributed by atoms with Crippen molar-refractivity contribution >= 4 is 33.9 Å². The number of anilines is 3. The summed E-state index contributed by atoms with van der Waals surface area (Å²) in [6, 6.07) is 1.83. The number of nitrogens with zero attached hydrogens (tertiary/aromatic N) is 2. The smallest absolute Gasteiger partial charge is 0.269 e. The molecule has 0 fully saturated rings. The molecular formula is C14H19N5OS. The lowest BCUT2D eigenvalue weighted by atomic mass is 10.2. The van der Waals surface area contributed by atoms with E-state index in [4.69, 9.17) is 5.73 Å². The topological polar surface area (TPSA) is 92.9 Å². The Hall–Kier alpha value is -2.15. The quantitative estimate of drug-likeness (QED) is 0.790. The Balaban J connectivity index is 2.11. The van der Waals surface area contributed by atoms with Crippen molar-refractivity contribution in [3.8, 4) is 0 Å². The van der Waals surface area contributed by atoms with E-state index in [0.717, 1.165) is 12.1 Å². The van der Waals surface area contributed by atoms with Crippen LogP contribution >= 0.6 is 11.3 Å². The van der Waals surface area contributed by atoms with Crippen LogP contribution in [0.15, 0.2) is 18.5 Å². The molecule has 0 saturated heterocycles. The van der Waals surface area contributed by atoms with Gasteiger partial charge in [0.05, 0.1) is 11.9 Å². The number of aryl methyl sites for hydroxylation is 1. The molecule has 112 valence electrons. The second-order valence-corrected chi connectivity index (χ2v) is 6.15. The molecule has 0 aliphatic carbocycles.